The number of aromatic nitrogens is 2. The Morgan fingerprint density at radius 1 is 0.746 bits per heavy atom. The lowest BCUT2D eigenvalue weighted by molar-refractivity contribution is -0.130. The summed E-state index contributed by atoms with van der Waals surface area (Å²) in [6.45, 7) is 15.6. The molecule has 0 radical (unpaired) electrons. The lowest BCUT2D eigenvalue weighted by Crippen LogP contribution is -2.55. The molecule has 0 saturated carbocycles. The molecule has 0 spiro atoms. The molecule has 0 aliphatic rings. The number of carbonyl (C=O) groups is 5. The third-order valence-electron chi connectivity index (χ3n) is 11.1. The molecule has 2 aromatic heterocycles. The summed E-state index contributed by atoms with van der Waals surface area (Å²) in [5, 5.41) is 15.7. The fraction of sp³-hybridized carbons (Fsp3) is 0.471. The van der Waals surface area contributed by atoms with Crippen molar-refractivity contribution in [2.45, 2.75) is 111 Å². The number of carbonyl (C=O) groups excluding carboxylic acids is 5. The molecule has 0 bridgehead atoms. The van der Waals surface area contributed by atoms with Gasteiger partial charge in [-0.3, -0.25) is 28.6 Å². The zero-order valence-corrected chi connectivity index (χ0v) is 43.4. The molecule has 5 rings (SSSR count). The number of phosphoric ester groups is 1. The first-order valence-electron chi connectivity index (χ1n) is 24.3. The van der Waals surface area contributed by atoms with E-state index in [4.69, 9.17) is 25.4 Å². The zero-order chi connectivity index (χ0) is 51.8. The Morgan fingerprint density at radius 3 is 2.08 bits per heavy atom. The van der Waals surface area contributed by atoms with Crippen LogP contribution >= 0.6 is 19.4 Å². The highest BCUT2D eigenvalue weighted by molar-refractivity contribution is 7.47. The summed E-state index contributed by atoms with van der Waals surface area (Å²) >= 11 is 5.96. The number of unbranched alkanes of at least 4 members (excludes halogenated alkanes) is 3. The van der Waals surface area contributed by atoms with E-state index in [0.29, 0.717) is 31.5 Å². The molecule has 5 amide bonds. The van der Waals surface area contributed by atoms with Crippen molar-refractivity contribution in [3.05, 3.63) is 101 Å². The van der Waals surface area contributed by atoms with Gasteiger partial charge in [0.1, 0.15) is 23.4 Å². The summed E-state index contributed by atoms with van der Waals surface area (Å²) in [7, 11) is -4.32. The average Bonchev–Trinajstić information content (AvgIpc) is 3.94. The fourth-order valence-electron chi connectivity index (χ4n) is 7.37. The van der Waals surface area contributed by atoms with Crippen LogP contribution < -0.4 is 31.1 Å². The van der Waals surface area contributed by atoms with Gasteiger partial charge in [-0.15, -0.1) is 0 Å². The van der Waals surface area contributed by atoms with Crippen LogP contribution in [0.15, 0.2) is 85.1 Å². The number of rotatable bonds is 27. The Hall–Kier alpha value is -5.91. The van der Waals surface area contributed by atoms with Crippen LogP contribution in [-0.2, 0) is 45.8 Å². The Morgan fingerprint density at radius 2 is 1.39 bits per heavy atom. The van der Waals surface area contributed by atoms with Crippen LogP contribution in [0.2, 0.25) is 5.02 Å². The molecule has 18 nitrogen and oxygen atoms in total. The third kappa shape index (κ3) is 21.1. The van der Waals surface area contributed by atoms with Crippen molar-refractivity contribution in [2.75, 3.05) is 45.9 Å². The van der Waals surface area contributed by atoms with Gasteiger partial charge in [-0.1, -0.05) is 93.7 Å². The number of H-pyrrole nitrogens is 2. The van der Waals surface area contributed by atoms with Crippen molar-refractivity contribution >= 4 is 71.0 Å². The first-order chi connectivity index (χ1) is 33.9. The third-order valence-corrected chi connectivity index (χ3v) is 12.4. The highest BCUT2D eigenvalue weighted by Gasteiger charge is 2.30. The Balaban J connectivity index is 0.00000145. The van der Waals surface area contributed by atoms with E-state index >= 15 is 0 Å². The summed E-state index contributed by atoms with van der Waals surface area (Å²) < 4.78 is 27.7. The molecule has 0 aliphatic carbocycles. The van der Waals surface area contributed by atoms with Gasteiger partial charge in [-0.05, 0) is 101 Å². The molecule has 2 heterocycles. The highest BCUT2D eigenvalue weighted by Crippen LogP contribution is 2.45. The average molecular weight is 1020 g/mol. The predicted octanol–water partition coefficient (Wildman–Crippen LogP) is 7.70. The molecule has 3 aromatic carbocycles. The number of alkyl carbamates (subject to hydrolysis) is 1. The Labute approximate surface area is 421 Å². The molecule has 0 saturated heterocycles. The van der Waals surface area contributed by atoms with E-state index in [-0.39, 0.29) is 68.0 Å². The SMILES string of the molecule is CC(C)(C)OC(=O)N[C@@H](Cc1cc2ccccc2[nH]1)C(=O)N[C@@H](Cc1c[nH]c2ccccc12)C(=O)NCCCC(=O)NCC(=O)NCCCCCCOP(=O)(O)Oc1ccccc1Cl.CCN(CC)CC. The van der Waals surface area contributed by atoms with Gasteiger partial charge in [0.05, 0.1) is 18.2 Å². The predicted molar refractivity (Wildman–Crippen MR) is 277 cm³/mol. The van der Waals surface area contributed by atoms with Gasteiger partial charge in [0, 0.05) is 60.7 Å². The fourth-order valence-corrected chi connectivity index (χ4v) is 8.41. The second-order valence-corrected chi connectivity index (χ2v) is 19.6. The molecule has 8 N–H and O–H groups in total. The van der Waals surface area contributed by atoms with Crippen LogP contribution in [-0.4, -0.2) is 113 Å². The maximum atomic E-state index is 14.0. The summed E-state index contributed by atoms with van der Waals surface area (Å²) in [6.07, 6.45) is 4.08. The van der Waals surface area contributed by atoms with Crippen molar-refractivity contribution in [2.24, 2.45) is 0 Å². The van der Waals surface area contributed by atoms with E-state index in [1.807, 2.05) is 54.6 Å². The van der Waals surface area contributed by atoms with Crippen LogP contribution in [0.3, 0.4) is 0 Å². The quantitative estimate of drug-likeness (QED) is 0.0187. The normalized spacial score (nSPS) is 13.0. The molecule has 0 fully saturated rings. The number of hydrogen-bond acceptors (Lipinski definition) is 10. The van der Waals surface area contributed by atoms with Crippen molar-refractivity contribution in [3.63, 3.8) is 0 Å². The summed E-state index contributed by atoms with van der Waals surface area (Å²) in [5.41, 5.74) is 2.41. The van der Waals surface area contributed by atoms with Crippen LogP contribution in [0.1, 0.15) is 91.3 Å². The largest absolute Gasteiger partial charge is 0.527 e. The van der Waals surface area contributed by atoms with E-state index in [1.165, 1.54) is 31.8 Å². The summed E-state index contributed by atoms with van der Waals surface area (Å²) in [6, 6.07) is 21.3. The van der Waals surface area contributed by atoms with Gasteiger partial charge in [0.25, 0.3) is 0 Å². The number of ether oxygens (including phenoxy) is 1. The van der Waals surface area contributed by atoms with E-state index in [9.17, 15) is 33.4 Å². The van der Waals surface area contributed by atoms with Crippen molar-refractivity contribution in [1.29, 1.82) is 0 Å². The number of benzene rings is 3. The Kier molecular flexibility index (Phi) is 23.9. The number of nitrogens with zero attached hydrogens (tertiary/aromatic N) is 1. The first kappa shape index (κ1) is 57.7. The van der Waals surface area contributed by atoms with Gasteiger partial charge in [0.2, 0.25) is 23.6 Å². The van der Waals surface area contributed by atoms with E-state index < -0.39 is 43.4 Å². The maximum Gasteiger partial charge on any atom is 0.527 e. The van der Waals surface area contributed by atoms with Crippen LogP contribution in [0, 0.1) is 0 Å². The lowest BCUT2D eigenvalue weighted by Gasteiger charge is -2.25. The van der Waals surface area contributed by atoms with Crippen LogP contribution in [0.4, 0.5) is 4.79 Å². The standard InChI is InChI=1S/C45H57ClN7O10P.C6H15N/c1-45(2,3)62-44(58)53-38(27-32-25-30-15-6-9-18-35(30)51-32)43(57)52-37(26-31-28-49-36-19-10-7-16-33(31)36)42(56)48-23-14-21-40(54)50-29-41(55)47-22-12-4-5-13-24-61-64(59,60)63-39-20-11-8-17-34(39)46;1-4-7(5-2)6-3/h6-11,15-20,25,28,37-38,49,51H,4-5,12-14,21-24,26-27,29H2,1-3H3,(H,47,55)(H,48,56)(H,50,54)(H,52,57)(H,53,58)(H,59,60);4-6H2,1-3H3/t37-,38-;/m0./s1. The second kappa shape index (κ2) is 29.4. The monoisotopic (exact) mass is 1020 g/mol. The molecular formula is C51H72ClN8O10P. The highest BCUT2D eigenvalue weighted by atomic mass is 35.5. The minimum atomic E-state index is -4.32. The van der Waals surface area contributed by atoms with Gasteiger partial charge < -0.3 is 50.7 Å². The van der Waals surface area contributed by atoms with Crippen LogP contribution in [0.5, 0.6) is 5.75 Å². The molecular weight excluding hydrogens is 951 g/mol. The van der Waals surface area contributed by atoms with Gasteiger partial charge in [-0.25, -0.2) is 9.36 Å². The summed E-state index contributed by atoms with van der Waals surface area (Å²) in [4.78, 5) is 84.4. The lowest BCUT2D eigenvalue weighted by atomic mass is 10.0. The smallest absolute Gasteiger partial charge is 0.444 e. The van der Waals surface area contributed by atoms with Crippen molar-refractivity contribution in [1.82, 2.24) is 41.5 Å². The van der Waals surface area contributed by atoms with Crippen molar-refractivity contribution < 1.29 is 47.2 Å². The molecule has 1 unspecified atom stereocenters. The molecule has 388 valence electrons. The minimum absolute atomic E-state index is 0.00504. The van der Waals surface area contributed by atoms with Crippen LogP contribution in [0.25, 0.3) is 21.8 Å². The van der Waals surface area contributed by atoms with E-state index in [1.54, 1.807) is 39.1 Å². The van der Waals surface area contributed by atoms with E-state index in [2.05, 4.69) is 62.2 Å². The molecule has 0 aliphatic heterocycles. The number of aromatic amines is 2. The van der Waals surface area contributed by atoms with Gasteiger partial charge in [-0.2, -0.15) is 0 Å². The van der Waals surface area contributed by atoms with Crippen molar-refractivity contribution in [3.8, 4) is 5.75 Å². The summed E-state index contributed by atoms with van der Waals surface area (Å²) in [5.74, 6) is -1.76. The number of amides is 5. The number of hydrogen-bond donors (Lipinski definition) is 8. The molecule has 71 heavy (non-hydrogen) atoms. The molecule has 20 heteroatoms. The molecule has 3 atom stereocenters. The van der Waals surface area contributed by atoms with Gasteiger partial charge in [0.15, 0.2) is 0 Å². The number of halogens is 1. The number of fused-ring (bicyclic) bond motifs is 2. The Bertz CT molecular complexity index is 2480. The number of phosphoric acid groups is 1. The molecule has 5 aromatic rings. The topological polar surface area (TPSA) is 245 Å². The van der Waals surface area contributed by atoms with E-state index in [0.717, 1.165) is 33.8 Å². The number of nitrogens with one attached hydrogen (secondary N) is 7. The zero-order valence-electron chi connectivity index (χ0n) is 41.7. The first-order valence-corrected chi connectivity index (χ1v) is 26.1. The maximum absolute atomic E-state index is 14.0. The second-order valence-electron chi connectivity index (χ2n) is 17.8. The minimum Gasteiger partial charge on any atom is -0.444 e. The number of para-hydroxylation sites is 3. The van der Waals surface area contributed by atoms with Gasteiger partial charge >= 0.3 is 13.9 Å².